The standard InChI is InChI=1S/C23H27N3O4S/c27-23-17-14-22(31(28,29)26-12-6-1-7-13-26)19(24-16-8-2-3-9-16)15-21(17)30-20-11-5-4-10-18(20)25-23/h4-5,10-11,14-16,24H,1-3,6-9,12-13H2,(H,25,27). The molecule has 2 fully saturated rings. The zero-order chi connectivity index (χ0) is 21.4. The van der Waals surface area contributed by atoms with Crippen molar-refractivity contribution in [2.24, 2.45) is 0 Å². The summed E-state index contributed by atoms with van der Waals surface area (Å²) in [6.07, 6.45) is 7.02. The second-order valence-corrected chi connectivity index (χ2v) is 10.4. The molecule has 5 rings (SSSR count). The first-order chi connectivity index (χ1) is 15.0. The topological polar surface area (TPSA) is 87.7 Å². The van der Waals surface area contributed by atoms with E-state index in [1.165, 1.54) is 6.07 Å². The van der Waals surface area contributed by atoms with Crippen LogP contribution in [0, 0.1) is 0 Å². The van der Waals surface area contributed by atoms with Gasteiger partial charge in [0, 0.05) is 25.2 Å². The predicted molar refractivity (Wildman–Crippen MR) is 119 cm³/mol. The third-order valence-corrected chi connectivity index (χ3v) is 8.27. The quantitative estimate of drug-likeness (QED) is 0.725. The highest BCUT2D eigenvalue weighted by Crippen LogP contribution is 2.40. The van der Waals surface area contributed by atoms with Crippen LogP contribution in [0.25, 0.3) is 0 Å². The molecule has 1 amide bonds. The Morgan fingerprint density at radius 2 is 1.71 bits per heavy atom. The molecule has 0 radical (unpaired) electrons. The molecule has 2 aromatic rings. The number of nitrogens with one attached hydrogen (secondary N) is 2. The van der Waals surface area contributed by atoms with Crippen LogP contribution in [0.2, 0.25) is 0 Å². The summed E-state index contributed by atoms with van der Waals surface area (Å²) in [6.45, 7) is 1.02. The molecule has 2 heterocycles. The highest BCUT2D eigenvalue weighted by Gasteiger charge is 2.33. The van der Waals surface area contributed by atoms with Gasteiger partial charge >= 0.3 is 0 Å². The average molecular weight is 442 g/mol. The van der Waals surface area contributed by atoms with Gasteiger partial charge in [0.05, 0.1) is 16.9 Å². The Morgan fingerprint density at radius 3 is 2.48 bits per heavy atom. The summed E-state index contributed by atoms with van der Waals surface area (Å²) in [7, 11) is -3.74. The van der Waals surface area contributed by atoms with Gasteiger partial charge in [-0.2, -0.15) is 4.31 Å². The van der Waals surface area contributed by atoms with Gasteiger partial charge in [-0.1, -0.05) is 31.4 Å². The number of hydrogen-bond donors (Lipinski definition) is 2. The second kappa shape index (κ2) is 8.16. The number of benzene rings is 2. The number of carbonyl (C=O) groups is 1. The number of anilines is 2. The Kier molecular flexibility index (Phi) is 5.35. The summed E-state index contributed by atoms with van der Waals surface area (Å²) < 4.78 is 34.8. The lowest BCUT2D eigenvalue weighted by Crippen LogP contribution is -2.36. The summed E-state index contributed by atoms with van der Waals surface area (Å²) in [4.78, 5) is 13.1. The molecule has 0 spiro atoms. The van der Waals surface area contributed by atoms with Gasteiger partial charge in [-0.15, -0.1) is 0 Å². The van der Waals surface area contributed by atoms with Gasteiger partial charge in [0.15, 0.2) is 5.75 Å². The van der Waals surface area contributed by atoms with Crippen LogP contribution in [0.5, 0.6) is 11.5 Å². The van der Waals surface area contributed by atoms with Gasteiger partial charge in [0.1, 0.15) is 10.6 Å². The molecule has 2 aromatic carbocycles. The minimum Gasteiger partial charge on any atom is -0.454 e. The van der Waals surface area contributed by atoms with Crippen molar-refractivity contribution in [2.45, 2.75) is 55.9 Å². The molecule has 1 saturated heterocycles. The molecule has 164 valence electrons. The zero-order valence-electron chi connectivity index (χ0n) is 17.4. The lowest BCUT2D eigenvalue weighted by Gasteiger charge is -2.28. The van der Waals surface area contributed by atoms with Gasteiger partial charge in [0.2, 0.25) is 10.0 Å². The van der Waals surface area contributed by atoms with Gasteiger partial charge in [0.25, 0.3) is 5.91 Å². The van der Waals surface area contributed by atoms with E-state index in [1.807, 2.05) is 12.1 Å². The third-order valence-electron chi connectivity index (χ3n) is 6.33. The van der Waals surface area contributed by atoms with E-state index in [1.54, 1.807) is 22.5 Å². The minimum atomic E-state index is -3.74. The van der Waals surface area contributed by atoms with E-state index in [9.17, 15) is 13.2 Å². The van der Waals surface area contributed by atoms with Crippen molar-refractivity contribution in [1.29, 1.82) is 0 Å². The molecule has 1 saturated carbocycles. The molecule has 0 bridgehead atoms. The summed E-state index contributed by atoms with van der Waals surface area (Å²) in [5.74, 6) is 0.524. The first kappa shape index (κ1) is 20.3. The highest BCUT2D eigenvalue weighted by molar-refractivity contribution is 7.89. The number of rotatable bonds is 4. The number of ether oxygens (including phenoxy) is 1. The zero-order valence-corrected chi connectivity index (χ0v) is 18.2. The van der Waals surface area contributed by atoms with E-state index in [0.29, 0.717) is 36.0 Å². The van der Waals surface area contributed by atoms with E-state index in [4.69, 9.17) is 4.74 Å². The van der Waals surface area contributed by atoms with Crippen molar-refractivity contribution in [1.82, 2.24) is 4.31 Å². The van der Waals surface area contributed by atoms with Crippen LogP contribution in [-0.4, -0.2) is 37.8 Å². The molecule has 0 aromatic heterocycles. The molecule has 7 nitrogen and oxygen atoms in total. The lowest BCUT2D eigenvalue weighted by atomic mass is 10.1. The van der Waals surface area contributed by atoms with Crippen molar-refractivity contribution in [2.75, 3.05) is 23.7 Å². The summed E-state index contributed by atoms with van der Waals surface area (Å²) in [5, 5.41) is 6.28. The smallest absolute Gasteiger partial charge is 0.259 e. The number of piperidine rings is 1. The number of nitrogens with zero attached hydrogens (tertiary/aromatic N) is 1. The number of carbonyl (C=O) groups excluding carboxylic acids is 1. The van der Waals surface area contributed by atoms with Gasteiger partial charge in [-0.3, -0.25) is 4.79 Å². The summed E-state index contributed by atoms with van der Waals surface area (Å²) in [6, 6.07) is 10.6. The van der Waals surface area contributed by atoms with E-state index in [2.05, 4.69) is 10.6 Å². The molecule has 0 atom stereocenters. The Balaban J connectivity index is 1.61. The third kappa shape index (κ3) is 3.90. The van der Waals surface area contributed by atoms with Crippen LogP contribution in [0.15, 0.2) is 41.3 Å². The van der Waals surface area contributed by atoms with E-state index in [-0.39, 0.29) is 22.4 Å². The molecule has 1 aliphatic carbocycles. The summed E-state index contributed by atoms with van der Waals surface area (Å²) in [5.41, 5.74) is 1.31. The molecule has 0 unspecified atom stereocenters. The van der Waals surface area contributed by atoms with Crippen LogP contribution in [0.4, 0.5) is 11.4 Å². The van der Waals surface area contributed by atoms with E-state index >= 15 is 0 Å². The molecule has 31 heavy (non-hydrogen) atoms. The second-order valence-electron chi connectivity index (χ2n) is 8.49. The fourth-order valence-electron chi connectivity index (χ4n) is 4.65. The number of amides is 1. The van der Waals surface area contributed by atoms with E-state index in [0.717, 1.165) is 44.9 Å². The fraction of sp³-hybridized carbons (Fsp3) is 0.435. The monoisotopic (exact) mass is 441 g/mol. The normalized spacial score (nSPS) is 19.7. The Bertz CT molecular complexity index is 1100. The van der Waals surface area contributed by atoms with Crippen molar-refractivity contribution >= 4 is 27.3 Å². The van der Waals surface area contributed by atoms with Crippen LogP contribution in [0.1, 0.15) is 55.3 Å². The average Bonchev–Trinajstić information content (AvgIpc) is 3.24. The van der Waals surface area contributed by atoms with Crippen LogP contribution in [-0.2, 0) is 10.0 Å². The number of sulfonamides is 1. The Morgan fingerprint density at radius 1 is 0.968 bits per heavy atom. The largest absolute Gasteiger partial charge is 0.454 e. The van der Waals surface area contributed by atoms with Gasteiger partial charge in [-0.25, -0.2) is 8.42 Å². The maximum absolute atomic E-state index is 13.6. The van der Waals surface area contributed by atoms with Crippen molar-refractivity contribution in [3.63, 3.8) is 0 Å². The number of para-hydroxylation sites is 2. The SMILES string of the molecule is O=C1Nc2ccccc2Oc2cc(NC3CCCC3)c(S(=O)(=O)N3CCCCC3)cc21. The molecular weight excluding hydrogens is 414 g/mol. The van der Waals surface area contributed by atoms with Gasteiger partial charge in [-0.05, 0) is 43.9 Å². The van der Waals surface area contributed by atoms with Crippen LogP contribution < -0.4 is 15.4 Å². The summed E-state index contributed by atoms with van der Waals surface area (Å²) >= 11 is 0. The molecule has 8 heteroatoms. The first-order valence-corrected chi connectivity index (χ1v) is 12.5. The number of fused-ring (bicyclic) bond motifs is 2. The molecule has 2 aliphatic heterocycles. The predicted octanol–water partition coefficient (Wildman–Crippen LogP) is 4.57. The lowest BCUT2D eigenvalue weighted by molar-refractivity contribution is 0.102. The minimum absolute atomic E-state index is 0.157. The maximum Gasteiger partial charge on any atom is 0.259 e. The maximum atomic E-state index is 13.6. The van der Waals surface area contributed by atoms with Crippen molar-refractivity contribution in [3.8, 4) is 11.5 Å². The Labute approximate surface area is 182 Å². The van der Waals surface area contributed by atoms with Crippen LogP contribution >= 0.6 is 0 Å². The number of hydrogen-bond acceptors (Lipinski definition) is 5. The molecule has 3 aliphatic rings. The first-order valence-electron chi connectivity index (χ1n) is 11.1. The van der Waals surface area contributed by atoms with Crippen LogP contribution in [0.3, 0.4) is 0 Å². The fourth-order valence-corrected chi connectivity index (χ4v) is 6.33. The molecule has 2 N–H and O–H groups in total. The Hall–Kier alpha value is -2.58. The molecular formula is C23H27N3O4S. The van der Waals surface area contributed by atoms with Crippen molar-refractivity contribution < 1.29 is 17.9 Å². The highest BCUT2D eigenvalue weighted by atomic mass is 32.2. The van der Waals surface area contributed by atoms with Crippen molar-refractivity contribution in [3.05, 3.63) is 42.0 Å². The van der Waals surface area contributed by atoms with E-state index < -0.39 is 10.0 Å². The van der Waals surface area contributed by atoms with Gasteiger partial charge < -0.3 is 15.4 Å².